The number of hydrogen-bond donors (Lipinski definition) is 3. The molecule has 1 aliphatic rings. The third-order valence-electron chi connectivity index (χ3n) is 3.30. The van der Waals surface area contributed by atoms with Crippen molar-refractivity contribution in [3.05, 3.63) is 28.8 Å². The van der Waals surface area contributed by atoms with Gasteiger partial charge in [-0.1, -0.05) is 18.9 Å². The maximum absolute atomic E-state index is 11.1. The van der Waals surface area contributed by atoms with Crippen LogP contribution in [0.3, 0.4) is 0 Å². The van der Waals surface area contributed by atoms with Gasteiger partial charge in [-0.25, -0.2) is 4.79 Å². The number of halogens is 1. The van der Waals surface area contributed by atoms with Crippen molar-refractivity contribution in [2.45, 2.75) is 32.2 Å². The third-order valence-corrected chi connectivity index (χ3v) is 3.30. The van der Waals surface area contributed by atoms with Gasteiger partial charge in [0.15, 0.2) is 0 Å². The normalized spacial score (nSPS) is 15.9. The highest BCUT2D eigenvalue weighted by Crippen LogP contribution is 2.40. The fraction of sp³-hybridized carbons (Fsp3) is 0.462. The van der Waals surface area contributed by atoms with Gasteiger partial charge < -0.3 is 15.9 Å². The lowest BCUT2D eigenvalue weighted by molar-refractivity contribution is 0.0694. The molecule has 0 aliphatic heterocycles. The molecule has 0 saturated heterocycles. The zero-order valence-corrected chi connectivity index (χ0v) is 11.0. The maximum Gasteiger partial charge on any atom is 0.336 e. The van der Waals surface area contributed by atoms with E-state index in [2.05, 4.69) is 0 Å². The van der Waals surface area contributed by atoms with Crippen LogP contribution in [0.1, 0.15) is 46.8 Å². The summed E-state index contributed by atoms with van der Waals surface area (Å²) < 4.78 is 0. The molecule has 4 nitrogen and oxygen atoms in total. The summed E-state index contributed by atoms with van der Waals surface area (Å²) in [6.07, 6.45) is 3.06. The van der Waals surface area contributed by atoms with E-state index in [0.717, 1.165) is 19.3 Å². The summed E-state index contributed by atoms with van der Waals surface area (Å²) in [5.74, 6) is -0.425. The topological polar surface area (TPSA) is 83.5 Å². The average molecular weight is 272 g/mol. The summed E-state index contributed by atoms with van der Waals surface area (Å²) >= 11 is 0. The van der Waals surface area contributed by atoms with Crippen molar-refractivity contribution in [1.29, 1.82) is 0 Å². The average Bonchev–Trinajstić information content (AvgIpc) is 3.05. The lowest BCUT2D eigenvalue weighted by atomic mass is 9.94. The van der Waals surface area contributed by atoms with Gasteiger partial charge in [-0.05, 0) is 30.9 Å². The molecule has 1 aromatic carbocycles. The number of rotatable bonds is 4. The molecule has 0 spiro atoms. The van der Waals surface area contributed by atoms with Gasteiger partial charge in [0.1, 0.15) is 5.75 Å². The van der Waals surface area contributed by atoms with E-state index < -0.39 is 12.0 Å². The summed E-state index contributed by atoms with van der Waals surface area (Å²) in [5.41, 5.74) is 7.18. The summed E-state index contributed by atoms with van der Waals surface area (Å²) in [5, 5.41) is 19.1. The zero-order valence-electron chi connectivity index (χ0n) is 10.2. The number of phenolic OH excluding ortho intramolecular Hbond substituents is 1. The Morgan fingerprint density at radius 1 is 1.50 bits per heavy atom. The predicted octanol–water partition coefficient (Wildman–Crippen LogP) is 2.62. The van der Waals surface area contributed by atoms with Crippen LogP contribution < -0.4 is 5.73 Å². The minimum Gasteiger partial charge on any atom is -0.507 e. The number of carboxylic acids is 1. The van der Waals surface area contributed by atoms with Crippen LogP contribution in [0.25, 0.3) is 0 Å². The van der Waals surface area contributed by atoms with Crippen molar-refractivity contribution in [3.8, 4) is 5.75 Å². The van der Waals surface area contributed by atoms with Crippen LogP contribution in [-0.2, 0) is 0 Å². The van der Waals surface area contributed by atoms with E-state index in [-0.39, 0.29) is 23.7 Å². The Morgan fingerprint density at radius 2 is 2.11 bits per heavy atom. The minimum atomic E-state index is -1.04. The van der Waals surface area contributed by atoms with Gasteiger partial charge in [0.2, 0.25) is 0 Å². The smallest absolute Gasteiger partial charge is 0.336 e. The van der Waals surface area contributed by atoms with Crippen molar-refractivity contribution >= 4 is 18.4 Å². The van der Waals surface area contributed by atoms with E-state index in [0.29, 0.717) is 17.0 Å². The van der Waals surface area contributed by atoms with Crippen molar-refractivity contribution in [3.63, 3.8) is 0 Å². The molecule has 100 valence electrons. The number of aromatic hydroxyl groups is 1. The first-order chi connectivity index (χ1) is 8.00. The number of aromatic carboxylic acids is 1. The lowest BCUT2D eigenvalue weighted by Gasteiger charge is -2.17. The first-order valence-electron chi connectivity index (χ1n) is 5.82. The fourth-order valence-corrected chi connectivity index (χ4v) is 2.11. The van der Waals surface area contributed by atoms with Gasteiger partial charge in [0.25, 0.3) is 0 Å². The number of hydrogen-bond acceptors (Lipinski definition) is 3. The molecule has 1 atom stereocenters. The Kier molecular flexibility index (Phi) is 4.59. The molecule has 18 heavy (non-hydrogen) atoms. The number of benzene rings is 1. The Bertz CT molecular complexity index is 458. The molecular weight excluding hydrogens is 254 g/mol. The largest absolute Gasteiger partial charge is 0.507 e. The lowest BCUT2D eigenvalue weighted by Crippen LogP contribution is -2.16. The van der Waals surface area contributed by atoms with Crippen molar-refractivity contribution in [2.75, 3.05) is 0 Å². The monoisotopic (exact) mass is 271 g/mol. The maximum atomic E-state index is 11.1. The molecule has 1 fully saturated rings. The SMILES string of the molecule is Cc1ccc(C(=O)O)c([C@@H](N)CC2CC2)c1O.Cl. The summed E-state index contributed by atoms with van der Waals surface area (Å²) in [7, 11) is 0. The second kappa shape index (κ2) is 5.59. The van der Waals surface area contributed by atoms with E-state index >= 15 is 0 Å². The van der Waals surface area contributed by atoms with Crippen LogP contribution in [-0.4, -0.2) is 16.2 Å². The molecule has 1 aromatic rings. The fourth-order valence-electron chi connectivity index (χ4n) is 2.11. The Labute approximate surface area is 112 Å². The number of carboxylic acid groups (broad SMARTS) is 1. The molecule has 0 amide bonds. The summed E-state index contributed by atoms with van der Waals surface area (Å²) in [6, 6.07) is 2.72. The third kappa shape index (κ3) is 2.94. The molecular formula is C13H18ClNO3. The van der Waals surface area contributed by atoms with E-state index in [9.17, 15) is 9.90 Å². The van der Waals surface area contributed by atoms with Crippen LogP contribution in [0.2, 0.25) is 0 Å². The first-order valence-corrected chi connectivity index (χ1v) is 5.82. The molecule has 0 aromatic heterocycles. The van der Waals surface area contributed by atoms with E-state index in [1.54, 1.807) is 13.0 Å². The molecule has 0 heterocycles. The Balaban J connectivity index is 0.00000162. The Hall–Kier alpha value is -1.26. The van der Waals surface area contributed by atoms with E-state index in [1.807, 2.05) is 0 Å². The molecule has 1 aliphatic carbocycles. The van der Waals surface area contributed by atoms with Gasteiger partial charge in [0, 0.05) is 11.6 Å². The zero-order chi connectivity index (χ0) is 12.6. The summed E-state index contributed by atoms with van der Waals surface area (Å²) in [6.45, 7) is 1.74. The van der Waals surface area contributed by atoms with Gasteiger partial charge in [-0.3, -0.25) is 0 Å². The van der Waals surface area contributed by atoms with Crippen LogP contribution in [0, 0.1) is 12.8 Å². The van der Waals surface area contributed by atoms with Crippen LogP contribution in [0.5, 0.6) is 5.75 Å². The molecule has 4 N–H and O–H groups in total. The molecule has 5 heteroatoms. The van der Waals surface area contributed by atoms with Crippen LogP contribution >= 0.6 is 12.4 Å². The molecule has 1 saturated carbocycles. The van der Waals surface area contributed by atoms with Gasteiger partial charge in [-0.2, -0.15) is 0 Å². The van der Waals surface area contributed by atoms with Gasteiger partial charge >= 0.3 is 5.97 Å². The molecule has 0 bridgehead atoms. The van der Waals surface area contributed by atoms with Crippen molar-refractivity contribution < 1.29 is 15.0 Å². The Morgan fingerprint density at radius 3 is 2.61 bits per heavy atom. The second-order valence-corrected chi connectivity index (χ2v) is 4.78. The van der Waals surface area contributed by atoms with Crippen molar-refractivity contribution in [2.24, 2.45) is 11.7 Å². The van der Waals surface area contributed by atoms with E-state index in [1.165, 1.54) is 6.07 Å². The molecule has 0 unspecified atom stereocenters. The molecule has 0 radical (unpaired) electrons. The van der Waals surface area contributed by atoms with E-state index in [4.69, 9.17) is 10.8 Å². The minimum absolute atomic E-state index is 0. The first kappa shape index (κ1) is 14.8. The highest BCUT2D eigenvalue weighted by atomic mass is 35.5. The predicted molar refractivity (Wildman–Crippen MR) is 71.3 cm³/mol. The number of nitrogens with two attached hydrogens (primary N) is 1. The standard InChI is InChI=1S/C13H17NO3.ClH/c1-7-2-5-9(13(16)17)11(12(7)15)10(14)6-8-3-4-8;/h2,5,8,10,15H,3-4,6,14H2,1H3,(H,16,17);1H/t10-;/m0./s1. The number of aryl methyl sites for hydroxylation is 1. The van der Waals surface area contributed by atoms with Gasteiger partial charge in [0.05, 0.1) is 5.56 Å². The van der Waals surface area contributed by atoms with Crippen LogP contribution in [0.4, 0.5) is 0 Å². The second-order valence-electron chi connectivity index (χ2n) is 4.78. The quantitative estimate of drug-likeness (QED) is 0.786. The highest BCUT2D eigenvalue weighted by molar-refractivity contribution is 5.90. The number of carbonyl (C=O) groups is 1. The van der Waals surface area contributed by atoms with Crippen molar-refractivity contribution in [1.82, 2.24) is 0 Å². The molecule has 2 rings (SSSR count). The van der Waals surface area contributed by atoms with Crippen LogP contribution in [0.15, 0.2) is 12.1 Å². The van der Waals surface area contributed by atoms with Gasteiger partial charge in [-0.15, -0.1) is 12.4 Å². The number of phenols is 1. The summed E-state index contributed by atoms with van der Waals surface area (Å²) in [4.78, 5) is 11.1. The highest BCUT2D eigenvalue weighted by Gasteiger charge is 2.28.